The number of Topliss-reactive ketones (excluding diaryl/α,β-unsaturated/α-hetero) is 1. The van der Waals surface area contributed by atoms with Crippen LogP contribution in [0.4, 0.5) is 0 Å². The summed E-state index contributed by atoms with van der Waals surface area (Å²) in [5.41, 5.74) is 0.836. The van der Waals surface area contributed by atoms with Crippen molar-refractivity contribution in [3.05, 3.63) is 29.3 Å². The Hall–Kier alpha value is -1.84. The molecule has 4 heteroatoms. The third kappa shape index (κ3) is 1.46. The summed E-state index contributed by atoms with van der Waals surface area (Å²) in [5.74, 6) is -0.416. The first kappa shape index (κ1) is 8.74. The van der Waals surface area contributed by atoms with Gasteiger partial charge in [0, 0.05) is 12.0 Å². The number of carboxylic acid groups (broad SMARTS) is 1. The van der Waals surface area contributed by atoms with Crippen LogP contribution in [0.25, 0.3) is 0 Å². The molecule has 1 aromatic rings. The van der Waals surface area contributed by atoms with Gasteiger partial charge in [-0.15, -0.1) is 0 Å². The van der Waals surface area contributed by atoms with Gasteiger partial charge >= 0.3 is 5.97 Å². The van der Waals surface area contributed by atoms with Crippen LogP contribution in [-0.4, -0.2) is 23.5 Å². The van der Waals surface area contributed by atoms with Crippen LogP contribution in [0.5, 0.6) is 5.75 Å². The molecule has 1 N–H and O–H groups in total. The monoisotopic (exact) mass is 192 g/mol. The molecule has 1 heterocycles. The average Bonchev–Trinajstić information content (AvgIpc) is 2.16. The van der Waals surface area contributed by atoms with E-state index in [0.29, 0.717) is 11.3 Å². The van der Waals surface area contributed by atoms with E-state index in [0.717, 1.165) is 0 Å². The van der Waals surface area contributed by atoms with Crippen molar-refractivity contribution in [3.8, 4) is 5.75 Å². The molecule has 14 heavy (non-hydrogen) atoms. The van der Waals surface area contributed by atoms with E-state index >= 15 is 0 Å². The normalized spacial score (nSPS) is 14.4. The number of ether oxygens (including phenoxy) is 1. The van der Waals surface area contributed by atoms with Gasteiger partial charge in [-0.05, 0) is 18.2 Å². The number of hydrogen-bond acceptors (Lipinski definition) is 3. The van der Waals surface area contributed by atoms with Gasteiger partial charge < -0.3 is 9.84 Å². The molecular weight excluding hydrogens is 184 g/mol. The first-order valence-corrected chi connectivity index (χ1v) is 4.17. The summed E-state index contributed by atoms with van der Waals surface area (Å²) in [4.78, 5) is 21.7. The molecule has 2 rings (SSSR count). The number of carboxylic acids is 1. The Morgan fingerprint density at radius 2 is 2.21 bits per heavy atom. The lowest BCUT2D eigenvalue weighted by Gasteiger charge is -2.16. The summed E-state index contributed by atoms with van der Waals surface area (Å²) in [6.07, 6.45) is 0.260. The maximum Gasteiger partial charge on any atom is 0.335 e. The number of fused-ring (bicyclic) bond motifs is 1. The molecule has 4 nitrogen and oxygen atoms in total. The quantitative estimate of drug-likeness (QED) is 0.717. The zero-order valence-corrected chi connectivity index (χ0v) is 7.32. The van der Waals surface area contributed by atoms with Crippen LogP contribution in [0, 0.1) is 0 Å². The van der Waals surface area contributed by atoms with Gasteiger partial charge in [-0.1, -0.05) is 0 Å². The highest BCUT2D eigenvalue weighted by atomic mass is 16.5. The molecule has 0 radical (unpaired) electrons. The minimum absolute atomic E-state index is 0.0277. The molecule has 0 atom stereocenters. The first-order valence-electron chi connectivity index (χ1n) is 4.17. The van der Waals surface area contributed by atoms with E-state index in [1.165, 1.54) is 12.1 Å². The van der Waals surface area contributed by atoms with Crippen molar-refractivity contribution < 1.29 is 19.4 Å². The van der Waals surface area contributed by atoms with Crippen molar-refractivity contribution in [2.75, 3.05) is 6.61 Å². The molecule has 1 aliphatic heterocycles. The summed E-state index contributed by atoms with van der Waals surface area (Å²) >= 11 is 0. The molecule has 0 aromatic heterocycles. The Labute approximate surface area is 80.1 Å². The van der Waals surface area contributed by atoms with Gasteiger partial charge in [-0.3, -0.25) is 4.79 Å². The Balaban J connectivity index is 2.42. The van der Waals surface area contributed by atoms with Gasteiger partial charge in [-0.25, -0.2) is 4.79 Å². The van der Waals surface area contributed by atoms with E-state index in [2.05, 4.69) is 0 Å². The van der Waals surface area contributed by atoms with Gasteiger partial charge in [-0.2, -0.15) is 0 Å². The third-order valence-electron chi connectivity index (χ3n) is 2.08. The summed E-state index contributed by atoms with van der Waals surface area (Å²) in [6, 6.07) is 4.54. The van der Waals surface area contributed by atoms with Gasteiger partial charge in [0.1, 0.15) is 12.4 Å². The highest BCUT2D eigenvalue weighted by molar-refractivity contribution is 5.90. The van der Waals surface area contributed by atoms with Crippen molar-refractivity contribution in [2.24, 2.45) is 0 Å². The maximum atomic E-state index is 11.0. The summed E-state index contributed by atoms with van der Waals surface area (Å²) in [6.45, 7) is 0.0828. The molecule has 1 aliphatic rings. The molecule has 0 bridgehead atoms. The molecular formula is C10H8O4. The van der Waals surface area contributed by atoms with Crippen molar-refractivity contribution in [1.82, 2.24) is 0 Å². The van der Waals surface area contributed by atoms with E-state index in [-0.39, 0.29) is 24.4 Å². The summed E-state index contributed by atoms with van der Waals surface area (Å²) in [7, 11) is 0. The van der Waals surface area contributed by atoms with Crippen molar-refractivity contribution in [1.29, 1.82) is 0 Å². The lowest BCUT2D eigenvalue weighted by Crippen LogP contribution is -2.20. The Morgan fingerprint density at radius 1 is 1.43 bits per heavy atom. The minimum atomic E-state index is -0.995. The highest BCUT2D eigenvalue weighted by Gasteiger charge is 2.17. The number of hydrogen-bond donors (Lipinski definition) is 1. The molecule has 0 fully saturated rings. The summed E-state index contributed by atoms with van der Waals surface area (Å²) < 4.78 is 5.13. The van der Waals surface area contributed by atoms with Crippen LogP contribution >= 0.6 is 0 Å². The Bertz CT molecular complexity index is 409. The molecule has 0 spiro atoms. The fourth-order valence-corrected chi connectivity index (χ4v) is 1.41. The molecule has 1 aromatic carbocycles. The van der Waals surface area contributed by atoms with E-state index in [9.17, 15) is 9.59 Å². The number of benzene rings is 1. The minimum Gasteiger partial charge on any atom is -0.486 e. The predicted molar refractivity (Wildman–Crippen MR) is 47.6 cm³/mol. The second kappa shape index (κ2) is 3.14. The van der Waals surface area contributed by atoms with Gasteiger partial charge in [0.2, 0.25) is 0 Å². The number of carbonyl (C=O) groups excluding carboxylic acids is 1. The van der Waals surface area contributed by atoms with E-state index in [1.807, 2.05) is 0 Å². The van der Waals surface area contributed by atoms with Crippen LogP contribution in [0.15, 0.2) is 18.2 Å². The largest absolute Gasteiger partial charge is 0.486 e. The van der Waals surface area contributed by atoms with Crippen LogP contribution in [-0.2, 0) is 11.2 Å². The lowest BCUT2D eigenvalue weighted by atomic mass is 10.0. The van der Waals surface area contributed by atoms with Gasteiger partial charge in [0.15, 0.2) is 5.78 Å². The SMILES string of the molecule is O=C1COc2ccc(C(=O)O)cc2C1. The molecule has 72 valence electrons. The van der Waals surface area contributed by atoms with E-state index in [1.54, 1.807) is 6.07 Å². The second-order valence-electron chi connectivity index (χ2n) is 3.13. The van der Waals surface area contributed by atoms with E-state index < -0.39 is 5.97 Å². The van der Waals surface area contributed by atoms with Gasteiger partial charge in [0.05, 0.1) is 5.56 Å². The predicted octanol–water partition coefficient (Wildman–Crippen LogP) is 0.889. The smallest absolute Gasteiger partial charge is 0.335 e. The fraction of sp³-hybridized carbons (Fsp3) is 0.200. The van der Waals surface area contributed by atoms with Crippen LogP contribution in [0.2, 0.25) is 0 Å². The van der Waals surface area contributed by atoms with E-state index in [4.69, 9.17) is 9.84 Å². The summed E-state index contributed by atoms with van der Waals surface area (Å²) in [5, 5.41) is 8.73. The number of aromatic carboxylic acids is 1. The molecule has 0 amide bonds. The number of ketones is 1. The topological polar surface area (TPSA) is 63.6 Å². The molecule has 0 saturated heterocycles. The Kier molecular flexibility index (Phi) is 1.96. The van der Waals surface area contributed by atoms with Crippen LogP contribution in [0.3, 0.4) is 0 Å². The third-order valence-corrected chi connectivity index (χ3v) is 2.08. The zero-order chi connectivity index (χ0) is 10.1. The van der Waals surface area contributed by atoms with Crippen molar-refractivity contribution >= 4 is 11.8 Å². The highest BCUT2D eigenvalue weighted by Crippen LogP contribution is 2.24. The number of rotatable bonds is 1. The van der Waals surface area contributed by atoms with Crippen molar-refractivity contribution in [3.63, 3.8) is 0 Å². The number of carbonyl (C=O) groups is 2. The van der Waals surface area contributed by atoms with Crippen LogP contribution < -0.4 is 4.74 Å². The fourth-order valence-electron chi connectivity index (χ4n) is 1.41. The molecule has 0 saturated carbocycles. The molecule has 0 aliphatic carbocycles. The molecule has 0 unspecified atom stereocenters. The van der Waals surface area contributed by atoms with Crippen LogP contribution in [0.1, 0.15) is 15.9 Å². The lowest BCUT2D eigenvalue weighted by molar-refractivity contribution is -0.121. The van der Waals surface area contributed by atoms with Gasteiger partial charge in [0.25, 0.3) is 0 Å². The maximum absolute atomic E-state index is 11.0. The standard InChI is InChI=1S/C10H8O4/c11-8-4-7-3-6(10(12)13)1-2-9(7)14-5-8/h1-3H,4-5H2,(H,12,13). The second-order valence-corrected chi connectivity index (χ2v) is 3.13. The Morgan fingerprint density at radius 3 is 2.93 bits per heavy atom. The first-order chi connectivity index (χ1) is 6.66. The van der Waals surface area contributed by atoms with Crippen molar-refractivity contribution in [2.45, 2.75) is 6.42 Å². The zero-order valence-electron chi connectivity index (χ0n) is 7.32. The average molecular weight is 192 g/mol.